The Morgan fingerprint density at radius 2 is 1.80 bits per heavy atom. The molecule has 0 atom stereocenters. The molecule has 0 bridgehead atoms. The maximum absolute atomic E-state index is 13.3. The highest BCUT2D eigenvalue weighted by Crippen LogP contribution is 2.41. The van der Waals surface area contributed by atoms with Crippen LogP contribution in [0.2, 0.25) is 0 Å². The molecule has 3 aromatic rings. The smallest absolute Gasteiger partial charge is 0.273 e. The van der Waals surface area contributed by atoms with Gasteiger partial charge in [-0.3, -0.25) is 19.4 Å². The Balaban J connectivity index is 1.16. The quantitative estimate of drug-likeness (QED) is 0.547. The van der Waals surface area contributed by atoms with Crippen LogP contribution in [0.25, 0.3) is 10.9 Å². The molecule has 2 saturated heterocycles. The Kier molecular flexibility index (Phi) is 6.39. The van der Waals surface area contributed by atoms with Gasteiger partial charge in [-0.1, -0.05) is 30.0 Å². The van der Waals surface area contributed by atoms with Crippen LogP contribution in [-0.4, -0.2) is 73.8 Å². The zero-order valence-electron chi connectivity index (χ0n) is 20.1. The Hall–Kier alpha value is -3.14. The minimum Gasteiger partial charge on any atom is -0.342 e. The lowest BCUT2D eigenvalue weighted by molar-refractivity contribution is -0.130. The molecular formula is C25H30N6O3S. The van der Waals surface area contributed by atoms with Crippen LogP contribution in [-0.2, 0) is 18.3 Å². The number of hydrogen-bond acceptors (Lipinski definition) is 6. The van der Waals surface area contributed by atoms with Gasteiger partial charge in [0, 0.05) is 57.0 Å². The highest BCUT2D eigenvalue weighted by molar-refractivity contribution is 7.98. The summed E-state index contributed by atoms with van der Waals surface area (Å²) in [6.07, 6.45) is 5.10. The second kappa shape index (κ2) is 9.49. The van der Waals surface area contributed by atoms with E-state index in [0.29, 0.717) is 29.6 Å². The number of hydrogen-bond donors (Lipinski definition) is 1. The van der Waals surface area contributed by atoms with E-state index in [2.05, 4.69) is 15.2 Å². The monoisotopic (exact) mass is 494 g/mol. The number of nitrogens with one attached hydrogen (secondary N) is 1. The van der Waals surface area contributed by atoms with Gasteiger partial charge in [0.15, 0.2) is 5.16 Å². The second-order valence-electron chi connectivity index (χ2n) is 9.62. The van der Waals surface area contributed by atoms with Crippen molar-refractivity contribution in [3.8, 4) is 0 Å². The van der Waals surface area contributed by atoms with Crippen molar-refractivity contribution in [1.82, 2.24) is 29.5 Å². The second-order valence-corrected chi connectivity index (χ2v) is 10.4. The number of aryl methyl sites for hydroxylation is 2. The van der Waals surface area contributed by atoms with Crippen LogP contribution in [0.3, 0.4) is 0 Å². The van der Waals surface area contributed by atoms with Crippen molar-refractivity contribution in [2.24, 2.45) is 12.5 Å². The summed E-state index contributed by atoms with van der Waals surface area (Å²) in [4.78, 5) is 44.8. The molecule has 4 heterocycles. The van der Waals surface area contributed by atoms with E-state index >= 15 is 0 Å². The van der Waals surface area contributed by atoms with Crippen molar-refractivity contribution in [1.29, 1.82) is 0 Å². The van der Waals surface area contributed by atoms with Gasteiger partial charge < -0.3 is 14.4 Å². The van der Waals surface area contributed by atoms with Crippen LogP contribution in [0, 0.1) is 5.41 Å². The van der Waals surface area contributed by atoms with Gasteiger partial charge in [-0.2, -0.15) is 0 Å². The molecule has 2 aliphatic rings. The maximum Gasteiger partial charge on any atom is 0.273 e. The molecule has 2 amide bonds. The minimum atomic E-state index is -0.279. The van der Waals surface area contributed by atoms with Gasteiger partial charge in [0.2, 0.25) is 5.91 Å². The lowest BCUT2D eigenvalue weighted by Gasteiger charge is -2.39. The molecule has 0 aliphatic carbocycles. The number of amides is 2. The van der Waals surface area contributed by atoms with Crippen molar-refractivity contribution in [2.75, 3.05) is 32.4 Å². The number of aromatic amines is 1. The number of carbonyl (C=O) groups is 2. The number of thioether (sulfide) groups is 1. The highest BCUT2D eigenvalue weighted by Gasteiger charge is 2.42. The fourth-order valence-corrected chi connectivity index (χ4v) is 5.70. The zero-order chi connectivity index (χ0) is 24.6. The Labute approximate surface area is 207 Å². The summed E-state index contributed by atoms with van der Waals surface area (Å²) >= 11 is 1.32. The number of nitrogens with zero attached hydrogens (tertiary/aromatic N) is 5. The lowest BCUT2D eigenvalue weighted by atomic mass is 9.77. The van der Waals surface area contributed by atoms with Crippen LogP contribution >= 0.6 is 11.8 Å². The number of fused-ring (bicyclic) bond motifs is 1. The van der Waals surface area contributed by atoms with E-state index in [9.17, 15) is 14.4 Å². The van der Waals surface area contributed by atoms with E-state index in [1.54, 1.807) is 0 Å². The molecule has 10 heteroatoms. The Morgan fingerprint density at radius 1 is 1.09 bits per heavy atom. The van der Waals surface area contributed by atoms with Crippen molar-refractivity contribution in [3.05, 3.63) is 52.1 Å². The predicted molar refractivity (Wildman–Crippen MR) is 134 cm³/mol. The number of carbonyl (C=O) groups excluding carboxylic acids is 2. The molecule has 1 aromatic carbocycles. The molecule has 1 spiro atoms. The minimum absolute atomic E-state index is 0.0472. The molecule has 1 N–H and O–H groups in total. The Morgan fingerprint density at radius 3 is 2.49 bits per heavy atom. The van der Waals surface area contributed by atoms with Crippen molar-refractivity contribution in [2.45, 2.75) is 37.3 Å². The summed E-state index contributed by atoms with van der Waals surface area (Å²) in [5.41, 5.74) is 1.86. The summed E-state index contributed by atoms with van der Waals surface area (Å²) in [6.45, 7) is 2.85. The van der Waals surface area contributed by atoms with Gasteiger partial charge in [0.05, 0.1) is 0 Å². The number of aromatic nitrogens is 4. The standard InChI is InChI=1S/C25H30N6O3S/c1-29-19-6-4-3-5-17(19)15-20(29)23(34)30-12-9-25(10-13-30)11-14-31(16-25)21(32)8-7-18-22(33)26-24(35-2)28-27-18/h3-6,15H,7-14,16H2,1-2H3,(H,26,28,33). The first-order valence-electron chi connectivity index (χ1n) is 12.0. The molecule has 0 radical (unpaired) electrons. The fourth-order valence-electron chi connectivity index (χ4n) is 5.38. The summed E-state index contributed by atoms with van der Waals surface area (Å²) in [5, 5.41) is 9.48. The van der Waals surface area contributed by atoms with Gasteiger partial charge in [0.1, 0.15) is 11.4 Å². The largest absolute Gasteiger partial charge is 0.342 e. The number of likely N-dealkylation sites (tertiary alicyclic amines) is 2. The summed E-state index contributed by atoms with van der Waals surface area (Å²) in [6, 6.07) is 10.0. The molecule has 9 nitrogen and oxygen atoms in total. The fraction of sp³-hybridized carbons (Fsp3) is 0.480. The van der Waals surface area contributed by atoms with E-state index < -0.39 is 0 Å². The first kappa shape index (κ1) is 23.6. The molecule has 0 unspecified atom stereocenters. The molecular weight excluding hydrogens is 464 g/mol. The highest BCUT2D eigenvalue weighted by atomic mass is 32.2. The van der Waals surface area contributed by atoms with Gasteiger partial charge in [-0.15, -0.1) is 10.2 Å². The number of piperidine rings is 1. The van der Waals surface area contributed by atoms with Gasteiger partial charge in [-0.05, 0) is 43.1 Å². The summed E-state index contributed by atoms with van der Waals surface area (Å²) in [5.74, 6) is 0.120. The van der Waals surface area contributed by atoms with Gasteiger partial charge in [-0.25, -0.2) is 0 Å². The average Bonchev–Trinajstić information content (AvgIpc) is 3.44. The third kappa shape index (κ3) is 4.59. The van der Waals surface area contributed by atoms with Crippen molar-refractivity contribution >= 4 is 34.5 Å². The van der Waals surface area contributed by atoms with Gasteiger partial charge in [0.25, 0.3) is 11.5 Å². The number of H-pyrrole nitrogens is 1. The molecule has 35 heavy (non-hydrogen) atoms. The van der Waals surface area contributed by atoms with Crippen LogP contribution in [0.15, 0.2) is 40.3 Å². The van der Waals surface area contributed by atoms with Crippen molar-refractivity contribution < 1.29 is 9.59 Å². The molecule has 0 saturated carbocycles. The topological polar surface area (TPSA) is 104 Å². The third-order valence-electron chi connectivity index (χ3n) is 7.59. The van der Waals surface area contributed by atoms with Crippen LogP contribution in [0.5, 0.6) is 0 Å². The molecule has 2 aromatic heterocycles. The van der Waals surface area contributed by atoms with E-state index in [4.69, 9.17) is 0 Å². The normalized spacial score (nSPS) is 17.4. The van der Waals surface area contributed by atoms with Crippen LogP contribution < -0.4 is 5.56 Å². The molecule has 2 fully saturated rings. The number of para-hydroxylation sites is 1. The van der Waals surface area contributed by atoms with Crippen LogP contribution in [0.1, 0.15) is 41.9 Å². The van der Waals surface area contributed by atoms with E-state index in [1.807, 2.05) is 58.0 Å². The summed E-state index contributed by atoms with van der Waals surface area (Å²) < 4.78 is 1.97. The van der Waals surface area contributed by atoms with E-state index in [0.717, 1.165) is 43.3 Å². The Bertz CT molecular complexity index is 1320. The molecule has 184 valence electrons. The predicted octanol–water partition coefficient (Wildman–Crippen LogP) is 2.47. The van der Waals surface area contributed by atoms with Crippen molar-refractivity contribution in [3.63, 3.8) is 0 Å². The van der Waals surface area contributed by atoms with Crippen LogP contribution in [0.4, 0.5) is 0 Å². The maximum atomic E-state index is 13.3. The number of benzene rings is 1. The summed E-state index contributed by atoms with van der Waals surface area (Å²) in [7, 11) is 1.94. The first-order chi connectivity index (χ1) is 16.9. The number of rotatable bonds is 5. The molecule has 2 aliphatic heterocycles. The van der Waals surface area contributed by atoms with E-state index in [-0.39, 0.29) is 35.6 Å². The molecule has 5 rings (SSSR count). The SMILES string of the molecule is CSc1nnc(CCC(=O)N2CCC3(CCN(C(=O)c4cc5ccccc5n4C)CC3)C2)c(=O)[nH]1. The van der Waals surface area contributed by atoms with E-state index in [1.165, 1.54) is 11.8 Å². The lowest BCUT2D eigenvalue weighted by Crippen LogP contribution is -2.45. The zero-order valence-corrected chi connectivity index (χ0v) is 20.9. The van der Waals surface area contributed by atoms with Gasteiger partial charge >= 0.3 is 0 Å². The third-order valence-corrected chi connectivity index (χ3v) is 8.16. The first-order valence-corrected chi connectivity index (χ1v) is 13.2. The average molecular weight is 495 g/mol.